The number of carbonyl (C=O) groups is 2. The normalized spacial score (nSPS) is 23.9. The highest BCUT2D eigenvalue weighted by atomic mass is 19.2. The first-order valence-electron chi connectivity index (χ1n) is 10.5. The van der Waals surface area contributed by atoms with Gasteiger partial charge in [-0.05, 0) is 36.5 Å². The fourth-order valence-corrected chi connectivity index (χ4v) is 4.19. The molecule has 2 amide bonds. The first kappa shape index (κ1) is 20.2. The third-order valence-electron chi connectivity index (χ3n) is 6.12. The van der Waals surface area contributed by atoms with Crippen LogP contribution in [0.5, 0.6) is 0 Å². The Kier molecular flexibility index (Phi) is 6.10. The standard InChI is InChI=1S/C21H28F2N4O2/c22-17-4-3-16(11-18(17)23)14-27-6-5-24-21(29)19(27)12-20(28)26-9-7-25(8-10-26)13-15-1-2-15/h3-4,11,15,19H,1-2,5-10,12-14H2,(H,24,29). The fourth-order valence-electron chi connectivity index (χ4n) is 4.19. The van der Waals surface area contributed by atoms with Gasteiger partial charge in [0.15, 0.2) is 11.6 Å². The topological polar surface area (TPSA) is 55.9 Å². The molecule has 0 aromatic heterocycles. The van der Waals surface area contributed by atoms with E-state index in [0.717, 1.165) is 37.7 Å². The molecule has 3 fully saturated rings. The van der Waals surface area contributed by atoms with E-state index in [0.29, 0.717) is 38.3 Å². The lowest BCUT2D eigenvalue weighted by Gasteiger charge is -2.38. The molecule has 29 heavy (non-hydrogen) atoms. The SMILES string of the molecule is O=C1NCCN(Cc2ccc(F)c(F)c2)C1CC(=O)N1CCN(CC2CC2)CC1. The van der Waals surface area contributed by atoms with Crippen molar-refractivity contribution in [2.75, 3.05) is 45.8 Å². The summed E-state index contributed by atoms with van der Waals surface area (Å²) in [6.07, 6.45) is 2.76. The van der Waals surface area contributed by atoms with E-state index in [-0.39, 0.29) is 18.2 Å². The van der Waals surface area contributed by atoms with Crippen molar-refractivity contribution in [2.45, 2.75) is 31.8 Å². The van der Waals surface area contributed by atoms with Crippen LogP contribution in [0.3, 0.4) is 0 Å². The van der Waals surface area contributed by atoms with Crippen LogP contribution in [-0.2, 0) is 16.1 Å². The number of halogens is 2. The maximum atomic E-state index is 13.5. The average molecular weight is 406 g/mol. The molecular weight excluding hydrogens is 378 g/mol. The zero-order chi connectivity index (χ0) is 20.4. The quantitative estimate of drug-likeness (QED) is 0.772. The molecule has 6 nitrogen and oxygen atoms in total. The Morgan fingerprint density at radius 1 is 1.07 bits per heavy atom. The Morgan fingerprint density at radius 2 is 1.83 bits per heavy atom. The first-order valence-corrected chi connectivity index (χ1v) is 10.5. The number of piperazine rings is 2. The summed E-state index contributed by atoms with van der Waals surface area (Å²) in [5, 5.41) is 2.82. The monoisotopic (exact) mass is 406 g/mol. The second-order valence-corrected chi connectivity index (χ2v) is 8.35. The van der Waals surface area contributed by atoms with E-state index in [2.05, 4.69) is 10.2 Å². The van der Waals surface area contributed by atoms with Crippen LogP contribution in [0.1, 0.15) is 24.8 Å². The fraction of sp³-hybridized carbons (Fsp3) is 0.619. The second-order valence-electron chi connectivity index (χ2n) is 8.35. The van der Waals surface area contributed by atoms with Crippen LogP contribution in [0.15, 0.2) is 18.2 Å². The van der Waals surface area contributed by atoms with Gasteiger partial charge in [0.25, 0.3) is 0 Å². The zero-order valence-electron chi connectivity index (χ0n) is 16.6. The van der Waals surface area contributed by atoms with Crippen LogP contribution in [0.25, 0.3) is 0 Å². The highest BCUT2D eigenvalue weighted by molar-refractivity contribution is 5.88. The van der Waals surface area contributed by atoms with Gasteiger partial charge in [-0.1, -0.05) is 6.07 Å². The van der Waals surface area contributed by atoms with Gasteiger partial charge in [-0.25, -0.2) is 8.78 Å². The van der Waals surface area contributed by atoms with E-state index in [1.54, 1.807) is 0 Å². The van der Waals surface area contributed by atoms with Crippen molar-refractivity contribution in [3.8, 4) is 0 Å². The number of rotatable bonds is 6. The van der Waals surface area contributed by atoms with Gasteiger partial charge in [0.2, 0.25) is 11.8 Å². The molecule has 4 rings (SSSR count). The third-order valence-corrected chi connectivity index (χ3v) is 6.12. The van der Waals surface area contributed by atoms with Gasteiger partial charge in [0, 0.05) is 52.4 Å². The van der Waals surface area contributed by atoms with E-state index in [9.17, 15) is 18.4 Å². The molecule has 1 unspecified atom stereocenters. The van der Waals surface area contributed by atoms with Crippen LogP contribution >= 0.6 is 0 Å². The molecule has 0 radical (unpaired) electrons. The Morgan fingerprint density at radius 3 is 2.52 bits per heavy atom. The van der Waals surface area contributed by atoms with Gasteiger partial charge < -0.3 is 10.2 Å². The van der Waals surface area contributed by atoms with Crippen LogP contribution in [0.2, 0.25) is 0 Å². The number of nitrogens with one attached hydrogen (secondary N) is 1. The third kappa shape index (κ3) is 5.11. The van der Waals surface area contributed by atoms with Crippen molar-refractivity contribution < 1.29 is 18.4 Å². The lowest BCUT2D eigenvalue weighted by atomic mass is 10.1. The largest absolute Gasteiger partial charge is 0.353 e. The summed E-state index contributed by atoms with van der Waals surface area (Å²) in [6, 6.07) is 3.17. The number of benzene rings is 1. The molecule has 3 aliphatic rings. The number of hydrogen-bond donors (Lipinski definition) is 1. The maximum absolute atomic E-state index is 13.5. The van der Waals surface area contributed by atoms with E-state index < -0.39 is 17.7 Å². The van der Waals surface area contributed by atoms with Crippen molar-refractivity contribution in [1.29, 1.82) is 0 Å². The predicted octanol–water partition coefficient (Wildman–Crippen LogP) is 1.21. The zero-order valence-corrected chi connectivity index (χ0v) is 16.6. The maximum Gasteiger partial charge on any atom is 0.237 e. The van der Waals surface area contributed by atoms with Gasteiger partial charge in [-0.15, -0.1) is 0 Å². The summed E-state index contributed by atoms with van der Waals surface area (Å²) >= 11 is 0. The molecule has 2 saturated heterocycles. The van der Waals surface area contributed by atoms with E-state index in [1.807, 2.05) is 9.80 Å². The Labute approximate surface area is 169 Å². The van der Waals surface area contributed by atoms with Crippen LogP contribution in [0, 0.1) is 17.6 Å². The smallest absolute Gasteiger partial charge is 0.237 e. The van der Waals surface area contributed by atoms with Gasteiger partial charge in [-0.2, -0.15) is 0 Å². The van der Waals surface area contributed by atoms with Gasteiger partial charge >= 0.3 is 0 Å². The molecule has 0 bridgehead atoms. The van der Waals surface area contributed by atoms with Crippen LogP contribution in [0.4, 0.5) is 8.78 Å². The summed E-state index contributed by atoms with van der Waals surface area (Å²) in [5.74, 6) is -1.15. The predicted molar refractivity (Wildman–Crippen MR) is 104 cm³/mol. The lowest BCUT2D eigenvalue weighted by Crippen LogP contribution is -2.57. The number of amides is 2. The van der Waals surface area contributed by atoms with Crippen LogP contribution < -0.4 is 5.32 Å². The number of hydrogen-bond acceptors (Lipinski definition) is 4. The molecule has 1 aromatic carbocycles. The first-order chi connectivity index (χ1) is 14.0. The van der Waals surface area contributed by atoms with Gasteiger partial charge in [-0.3, -0.25) is 19.4 Å². The molecule has 2 aliphatic heterocycles. The number of carbonyl (C=O) groups excluding carboxylic acids is 2. The van der Waals surface area contributed by atoms with Crippen molar-refractivity contribution in [1.82, 2.24) is 20.0 Å². The summed E-state index contributed by atoms with van der Waals surface area (Å²) in [5.41, 5.74) is 0.588. The van der Waals surface area contributed by atoms with Crippen molar-refractivity contribution in [3.05, 3.63) is 35.4 Å². The van der Waals surface area contributed by atoms with E-state index in [1.165, 1.54) is 18.9 Å². The Hall–Kier alpha value is -2.06. The molecule has 0 spiro atoms. The van der Waals surface area contributed by atoms with E-state index >= 15 is 0 Å². The molecular formula is C21H28F2N4O2. The molecule has 1 N–H and O–H groups in total. The summed E-state index contributed by atoms with van der Waals surface area (Å²) < 4.78 is 26.7. The minimum atomic E-state index is -0.902. The van der Waals surface area contributed by atoms with Crippen molar-refractivity contribution in [3.63, 3.8) is 0 Å². The summed E-state index contributed by atoms with van der Waals surface area (Å²) in [7, 11) is 0. The molecule has 1 atom stereocenters. The molecule has 2 heterocycles. The number of nitrogens with zero attached hydrogens (tertiary/aromatic N) is 3. The highest BCUT2D eigenvalue weighted by Gasteiger charge is 2.34. The minimum Gasteiger partial charge on any atom is -0.353 e. The molecule has 158 valence electrons. The van der Waals surface area contributed by atoms with E-state index in [4.69, 9.17) is 0 Å². The van der Waals surface area contributed by atoms with Crippen molar-refractivity contribution in [2.24, 2.45) is 5.92 Å². The molecule has 1 aromatic rings. The van der Waals surface area contributed by atoms with Gasteiger partial charge in [0.1, 0.15) is 0 Å². The second kappa shape index (κ2) is 8.75. The molecule has 1 aliphatic carbocycles. The minimum absolute atomic E-state index is 0.0200. The highest BCUT2D eigenvalue weighted by Crippen LogP contribution is 2.30. The van der Waals surface area contributed by atoms with Crippen molar-refractivity contribution >= 4 is 11.8 Å². The summed E-state index contributed by atoms with van der Waals surface area (Å²) in [6.45, 7) is 5.65. The molecule has 8 heteroatoms. The lowest BCUT2D eigenvalue weighted by molar-refractivity contribution is -0.140. The Bertz CT molecular complexity index is 763. The average Bonchev–Trinajstić information content (AvgIpc) is 3.52. The Balaban J connectivity index is 1.34. The van der Waals surface area contributed by atoms with Gasteiger partial charge in [0.05, 0.1) is 12.5 Å². The van der Waals surface area contributed by atoms with Crippen LogP contribution in [-0.4, -0.2) is 78.4 Å². The summed E-state index contributed by atoms with van der Waals surface area (Å²) in [4.78, 5) is 31.4. The molecule has 1 saturated carbocycles.